The Hall–Kier alpha value is -2.01. The van der Waals surface area contributed by atoms with Crippen LogP contribution < -0.4 is 15.5 Å². The number of anilines is 3. The van der Waals surface area contributed by atoms with Crippen LogP contribution in [0.1, 0.15) is 12.8 Å². The van der Waals surface area contributed by atoms with Crippen LogP contribution in [0.25, 0.3) is 0 Å². The number of rotatable bonds is 5. The van der Waals surface area contributed by atoms with Crippen molar-refractivity contribution in [2.75, 3.05) is 35.2 Å². The van der Waals surface area contributed by atoms with Gasteiger partial charge in [0.2, 0.25) is 5.91 Å². The first kappa shape index (κ1) is 15.9. The summed E-state index contributed by atoms with van der Waals surface area (Å²) in [7, 11) is 0. The second-order valence-electron chi connectivity index (χ2n) is 5.65. The first-order valence-electron chi connectivity index (χ1n) is 7.85. The van der Waals surface area contributed by atoms with Crippen LogP contribution in [0.2, 0.25) is 0 Å². The number of hydrogen-bond acceptors (Lipinski definition) is 3. The fraction of sp³-hybridized carbons (Fsp3) is 0.278. The van der Waals surface area contributed by atoms with Crippen molar-refractivity contribution in [3.8, 4) is 0 Å². The molecule has 1 fully saturated rings. The van der Waals surface area contributed by atoms with Gasteiger partial charge >= 0.3 is 0 Å². The molecule has 5 heteroatoms. The minimum Gasteiger partial charge on any atom is -0.376 e. The van der Waals surface area contributed by atoms with E-state index in [1.807, 2.05) is 36.4 Å². The lowest BCUT2D eigenvalue weighted by Crippen LogP contribution is -2.22. The third-order valence-corrected chi connectivity index (χ3v) is 4.45. The molecule has 1 heterocycles. The van der Waals surface area contributed by atoms with Crippen molar-refractivity contribution in [1.82, 2.24) is 0 Å². The fourth-order valence-electron chi connectivity index (χ4n) is 2.69. The zero-order valence-corrected chi connectivity index (χ0v) is 14.5. The summed E-state index contributed by atoms with van der Waals surface area (Å²) in [5.41, 5.74) is 2.98. The molecule has 2 N–H and O–H groups in total. The summed E-state index contributed by atoms with van der Waals surface area (Å²) < 4.78 is 1.02. The van der Waals surface area contributed by atoms with Gasteiger partial charge in [0, 0.05) is 34.6 Å². The van der Waals surface area contributed by atoms with E-state index in [9.17, 15) is 4.79 Å². The standard InChI is InChI=1S/C18H20BrN3O/c19-14-3-5-15(6-4-14)20-13-18(23)21-16-7-9-17(10-8-16)22-11-1-2-12-22/h3-10,20H,1-2,11-13H2,(H,21,23). The van der Waals surface area contributed by atoms with Crippen LogP contribution in [0.4, 0.5) is 17.1 Å². The van der Waals surface area contributed by atoms with Crippen molar-refractivity contribution >= 4 is 38.9 Å². The highest BCUT2D eigenvalue weighted by Crippen LogP contribution is 2.22. The number of nitrogens with one attached hydrogen (secondary N) is 2. The van der Waals surface area contributed by atoms with E-state index in [0.717, 1.165) is 28.9 Å². The molecule has 23 heavy (non-hydrogen) atoms. The molecule has 0 saturated carbocycles. The average molecular weight is 374 g/mol. The van der Waals surface area contributed by atoms with E-state index >= 15 is 0 Å². The zero-order chi connectivity index (χ0) is 16.1. The molecule has 4 nitrogen and oxygen atoms in total. The zero-order valence-electron chi connectivity index (χ0n) is 12.9. The number of halogens is 1. The molecule has 1 amide bonds. The van der Waals surface area contributed by atoms with Crippen LogP contribution in [0.15, 0.2) is 53.0 Å². The molecule has 3 rings (SSSR count). The smallest absolute Gasteiger partial charge is 0.243 e. The van der Waals surface area contributed by atoms with Crippen molar-refractivity contribution in [1.29, 1.82) is 0 Å². The molecular formula is C18H20BrN3O. The van der Waals surface area contributed by atoms with Crippen LogP contribution >= 0.6 is 15.9 Å². The number of carbonyl (C=O) groups excluding carboxylic acids is 1. The largest absolute Gasteiger partial charge is 0.376 e. The molecule has 1 aliphatic heterocycles. The highest BCUT2D eigenvalue weighted by Gasteiger charge is 2.12. The summed E-state index contributed by atoms with van der Waals surface area (Å²) in [5, 5.41) is 6.02. The summed E-state index contributed by atoms with van der Waals surface area (Å²) in [6.07, 6.45) is 2.53. The Balaban J connectivity index is 1.50. The lowest BCUT2D eigenvalue weighted by molar-refractivity contribution is -0.114. The SMILES string of the molecule is O=C(CNc1ccc(Br)cc1)Nc1ccc(N2CCCC2)cc1. The van der Waals surface area contributed by atoms with Gasteiger partial charge in [0.25, 0.3) is 0 Å². The van der Waals surface area contributed by atoms with Gasteiger partial charge in [0.05, 0.1) is 6.54 Å². The topological polar surface area (TPSA) is 44.4 Å². The second kappa shape index (κ2) is 7.51. The van der Waals surface area contributed by atoms with Crippen LogP contribution in [0, 0.1) is 0 Å². The Labute approximate surface area is 145 Å². The quantitative estimate of drug-likeness (QED) is 0.828. The molecular weight excluding hydrogens is 354 g/mol. The molecule has 0 spiro atoms. The monoisotopic (exact) mass is 373 g/mol. The van der Waals surface area contributed by atoms with E-state index in [4.69, 9.17) is 0 Å². The lowest BCUT2D eigenvalue weighted by atomic mass is 10.2. The first-order chi connectivity index (χ1) is 11.2. The van der Waals surface area contributed by atoms with Crippen molar-refractivity contribution in [3.05, 3.63) is 53.0 Å². The molecule has 0 aliphatic carbocycles. The molecule has 0 bridgehead atoms. The molecule has 0 radical (unpaired) electrons. The van der Waals surface area contributed by atoms with Crippen molar-refractivity contribution in [3.63, 3.8) is 0 Å². The van der Waals surface area contributed by atoms with E-state index in [0.29, 0.717) is 0 Å². The molecule has 0 atom stereocenters. The number of amides is 1. The van der Waals surface area contributed by atoms with Crippen LogP contribution in [-0.4, -0.2) is 25.5 Å². The Morgan fingerprint density at radius 1 is 0.957 bits per heavy atom. The molecule has 1 saturated heterocycles. The predicted octanol–water partition coefficient (Wildman–Crippen LogP) is 4.10. The lowest BCUT2D eigenvalue weighted by Gasteiger charge is -2.17. The minimum absolute atomic E-state index is 0.0539. The van der Waals surface area contributed by atoms with Gasteiger partial charge in [-0.05, 0) is 61.4 Å². The van der Waals surface area contributed by atoms with Crippen molar-refractivity contribution in [2.24, 2.45) is 0 Å². The van der Waals surface area contributed by atoms with E-state index in [1.54, 1.807) is 0 Å². The van der Waals surface area contributed by atoms with Crippen LogP contribution in [-0.2, 0) is 4.79 Å². The molecule has 2 aromatic rings. The minimum atomic E-state index is -0.0539. The van der Waals surface area contributed by atoms with Gasteiger partial charge in [-0.25, -0.2) is 0 Å². The summed E-state index contributed by atoms with van der Waals surface area (Å²) in [6, 6.07) is 15.8. The Kier molecular flexibility index (Phi) is 5.18. The average Bonchev–Trinajstić information content (AvgIpc) is 3.09. The van der Waals surface area contributed by atoms with Gasteiger partial charge < -0.3 is 15.5 Å². The van der Waals surface area contributed by atoms with Gasteiger partial charge in [0.1, 0.15) is 0 Å². The number of nitrogens with zero attached hydrogens (tertiary/aromatic N) is 1. The third kappa shape index (κ3) is 4.48. The van der Waals surface area contributed by atoms with Crippen molar-refractivity contribution < 1.29 is 4.79 Å². The molecule has 0 aromatic heterocycles. The normalized spacial score (nSPS) is 13.9. The molecule has 0 unspecified atom stereocenters. The summed E-state index contributed by atoms with van der Waals surface area (Å²) >= 11 is 3.39. The predicted molar refractivity (Wildman–Crippen MR) is 99.2 cm³/mol. The maximum Gasteiger partial charge on any atom is 0.243 e. The third-order valence-electron chi connectivity index (χ3n) is 3.92. The van der Waals surface area contributed by atoms with Crippen molar-refractivity contribution in [2.45, 2.75) is 12.8 Å². The van der Waals surface area contributed by atoms with Crippen LogP contribution in [0.3, 0.4) is 0 Å². The molecule has 120 valence electrons. The summed E-state index contributed by atoms with van der Waals surface area (Å²) in [6.45, 7) is 2.50. The van der Waals surface area contributed by atoms with Gasteiger partial charge in [-0.1, -0.05) is 15.9 Å². The van der Waals surface area contributed by atoms with Gasteiger partial charge in [-0.3, -0.25) is 4.79 Å². The van der Waals surface area contributed by atoms with E-state index in [-0.39, 0.29) is 12.5 Å². The second-order valence-corrected chi connectivity index (χ2v) is 6.57. The summed E-state index contributed by atoms with van der Waals surface area (Å²) in [5.74, 6) is -0.0539. The fourth-order valence-corrected chi connectivity index (χ4v) is 2.95. The maximum absolute atomic E-state index is 12.0. The van der Waals surface area contributed by atoms with Gasteiger partial charge in [-0.2, -0.15) is 0 Å². The van der Waals surface area contributed by atoms with E-state index in [1.165, 1.54) is 18.5 Å². The van der Waals surface area contributed by atoms with Crippen LogP contribution in [0.5, 0.6) is 0 Å². The Morgan fingerprint density at radius 3 is 2.22 bits per heavy atom. The Bertz CT molecular complexity index is 649. The summed E-state index contributed by atoms with van der Waals surface area (Å²) in [4.78, 5) is 14.4. The number of carbonyl (C=O) groups is 1. The molecule has 1 aliphatic rings. The van der Waals surface area contributed by atoms with Gasteiger partial charge in [-0.15, -0.1) is 0 Å². The highest BCUT2D eigenvalue weighted by molar-refractivity contribution is 9.10. The van der Waals surface area contributed by atoms with Gasteiger partial charge in [0.15, 0.2) is 0 Å². The highest BCUT2D eigenvalue weighted by atomic mass is 79.9. The van der Waals surface area contributed by atoms with E-state index < -0.39 is 0 Å². The Morgan fingerprint density at radius 2 is 1.57 bits per heavy atom. The van der Waals surface area contributed by atoms with E-state index in [2.05, 4.69) is 43.6 Å². The molecule has 2 aromatic carbocycles. The first-order valence-corrected chi connectivity index (χ1v) is 8.64. The number of hydrogen-bond donors (Lipinski definition) is 2. The number of benzene rings is 2. The maximum atomic E-state index is 12.0.